The van der Waals surface area contributed by atoms with E-state index in [1.165, 1.54) is 12.8 Å². The first kappa shape index (κ1) is 14.3. The van der Waals surface area contributed by atoms with Crippen LogP contribution in [0.25, 0.3) is 0 Å². The highest BCUT2D eigenvalue weighted by Gasteiger charge is 2.07. The van der Waals surface area contributed by atoms with Crippen LogP contribution >= 0.6 is 11.8 Å². The van der Waals surface area contributed by atoms with Crippen LogP contribution < -0.4 is 5.32 Å². The molecule has 0 aliphatic rings. The standard InChI is InChI=1S/C11H25NOS/c1-5-6-12-10(2)9-11(3)14-8-7-13-4/h10-12H,5-9H2,1-4H3. The third kappa shape index (κ3) is 8.85. The molecule has 0 spiro atoms. The summed E-state index contributed by atoms with van der Waals surface area (Å²) >= 11 is 2.00. The summed E-state index contributed by atoms with van der Waals surface area (Å²) in [5.74, 6) is 1.11. The molecule has 2 nitrogen and oxygen atoms in total. The molecule has 0 radical (unpaired) electrons. The Morgan fingerprint density at radius 2 is 2.07 bits per heavy atom. The maximum absolute atomic E-state index is 5.03. The molecule has 0 aliphatic heterocycles. The van der Waals surface area contributed by atoms with Crippen molar-refractivity contribution in [1.82, 2.24) is 5.32 Å². The van der Waals surface area contributed by atoms with Crippen molar-refractivity contribution in [1.29, 1.82) is 0 Å². The number of nitrogens with one attached hydrogen (secondary N) is 1. The molecule has 2 atom stereocenters. The molecule has 86 valence electrons. The summed E-state index contributed by atoms with van der Waals surface area (Å²) in [7, 11) is 1.76. The van der Waals surface area contributed by atoms with Gasteiger partial charge < -0.3 is 10.1 Å². The molecule has 0 saturated carbocycles. The van der Waals surface area contributed by atoms with Gasteiger partial charge in [0.1, 0.15) is 0 Å². The number of ether oxygens (including phenoxy) is 1. The van der Waals surface area contributed by atoms with Gasteiger partial charge in [-0.1, -0.05) is 13.8 Å². The Labute approximate surface area is 93.2 Å². The molecule has 0 rings (SSSR count). The average molecular weight is 219 g/mol. The summed E-state index contributed by atoms with van der Waals surface area (Å²) in [6, 6.07) is 0.639. The van der Waals surface area contributed by atoms with E-state index in [0.717, 1.165) is 24.2 Å². The highest BCUT2D eigenvalue weighted by molar-refractivity contribution is 7.99. The molecule has 0 amide bonds. The molecule has 0 aromatic heterocycles. The van der Waals surface area contributed by atoms with Gasteiger partial charge in [-0.2, -0.15) is 11.8 Å². The Balaban J connectivity index is 3.35. The largest absolute Gasteiger partial charge is 0.384 e. The van der Waals surface area contributed by atoms with E-state index in [9.17, 15) is 0 Å². The number of methoxy groups -OCH3 is 1. The maximum atomic E-state index is 5.03. The number of rotatable bonds is 9. The Morgan fingerprint density at radius 3 is 2.64 bits per heavy atom. The lowest BCUT2D eigenvalue weighted by Gasteiger charge is -2.17. The van der Waals surface area contributed by atoms with E-state index in [0.29, 0.717) is 6.04 Å². The molecule has 0 aromatic carbocycles. The van der Waals surface area contributed by atoms with Gasteiger partial charge in [-0.15, -0.1) is 0 Å². The summed E-state index contributed by atoms with van der Waals surface area (Å²) in [6.45, 7) is 8.77. The first-order valence-electron chi connectivity index (χ1n) is 5.54. The SMILES string of the molecule is CCCNC(C)CC(C)SCCOC. The average Bonchev–Trinajstić information content (AvgIpc) is 2.15. The van der Waals surface area contributed by atoms with Crippen LogP contribution in [0.1, 0.15) is 33.6 Å². The van der Waals surface area contributed by atoms with Crippen LogP contribution in [-0.2, 0) is 4.74 Å². The smallest absolute Gasteiger partial charge is 0.0553 e. The Hall–Kier alpha value is 0.270. The second kappa shape index (κ2) is 9.81. The van der Waals surface area contributed by atoms with Crippen LogP contribution in [0.15, 0.2) is 0 Å². The Morgan fingerprint density at radius 1 is 1.36 bits per heavy atom. The van der Waals surface area contributed by atoms with Crippen molar-refractivity contribution >= 4 is 11.8 Å². The van der Waals surface area contributed by atoms with Crippen LogP contribution in [-0.4, -0.2) is 37.3 Å². The molecule has 0 fully saturated rings. The van der Waals surface area contributed by atoms with Crippen molar-refractivity contribution in [3.05, 3.63) is 0 Å². The van der Waals surface area contributed by atoms with Crippen molar-refractivity contribution in [3.8, 4) is 0 Å². The number of thioether (sulfide) groups is 1. The van der Waals surface area contributed by atoms with Gasteiger partial charge in [0.2, 0.25) is 0 Å². The van der Waals surface area contributed by atoms with Gasteiger partial charge in [-0.25, -0.2) is 0 Å². The van der Waals surface area contributed by atoms with Gasteiger partial charge in [0.25, 0.3) is 0 Å². The van der Waals surface area contributed by atoms with Crippen LogP contribution in [0, 0.1) is 0 Å². The molecule has 14 heavy (non-hydrogen) atoms. The van der Waals surface area contributed by atoms with Crippen LogP contribution in [0.5, 0.6) is 0 Å². The molecule has 0 bridgehead atoms. The van der Waals surface area contributed by atoms with Gasteiger partial charge in [0.15, 0.2) is 0 Å². The third-order valence-electron chi connectivity index (χ3n) is 2.12. The van der Waals surface area contributed by atoms with E-state index in [2.05, 4.69) is 26.1 Å². The molecular weight excluding hydrogens is 194 g/mol. The highest BCUT2D eigenvalue weighted by Crippen LogP contribution is 2.15. The lowest BCUT2D eigenvalue weighted by Crippen LogP contribution is -2.29. The van der Waals surface area contributed by atoms with Crippen LogP contribution in [0.4, 0.5) is 0 Å². The Kier molecular flexibility index (Phi) is 10.0. The van der Waals surface area contributed by atoms with Gasteiger partial charge in [-0.05, 0) is 26.3 Å². The minimum atomic E-state index is 0.639. The van der Waals surface area contributed by atoms with Crippen molar-refractivity contribution in [2.75, 3.05) is 26.0 Å². The molecular formula is C11H25NOS. The van der Waals surface area contributed by atoms with Gasteiger partial charge in [-0.3, -0.25) is 0 Å². The van der Waals surface area contributed by atoms with Gasteiger partial charge in [0.05, 0.1) is 6.61 Å². The van der Waals surface area contributed by atoms with E-state index >= 15 is 0 Å². The van der Waals surface area contributed by atoms with Crippen molar-refractivity contribution in [2.45, 2.75) is 44.9 Å². The fourth-order valence-electron chi connectivity index (χ4n) is 1.37. The molecule has 1 N–H and O–H groups in total. The van der Waals surface area contributed by atoms with Crippen molar-refractivity contribution < 1.29 is 4.74 Å². The number of hydrogen-bond acceptors (Lipinski definition) is 3. The first-order chi connectivity index (χ1) is 6.70. The third-order valence-corrected chi connectivity index (χ3v) is 3.28. The van der Waals surface area contributed by atoms with Crippen LogP contribution in [0.3, 0.4) is 0 Å². The zero-order valence-corrected chi connectivity index (χ0v) is 10.8. The van der Waals surface area contributed by atoms with E-state index in [4.69, 9.17) is 4.74 Å². The van der Waals surface area contributed by atoms with Crippen molar-refractivity contribution in [3.63, 3.8) is 0 Å². The lowest BCUT2D eigenvalue weighted by atomic mass is 10.2. The first-order valence-corrected chi connectivity index (χ1v) is 6.59. The highest BCUT2D eigenvalue weighted by atomic mass is 32.2. The van der Waals surface area contributed by atoms with Gasteiger partial charge in [0, 0.05) is 24.2 Å². The normalized spacial score (nSPS) is 15.4. The Bertz CT molecular complexity index is 122. The lowest BCUT2D eigenvalue weighted by molar-refractivity contribution is 0.218. The summed E-state index contributed by atoms with van der Waals surface area (Å²) in [5.41, 5.74) is 0. The predicted molar refractivity (Wildman–Crippen MR) is 66.2 cm³/mol. The molecule has 0 heterocycles. The summed E-state index contributed by atoms with van der Waals surface area (Å²) in [6.07, 6.45) is 2.46. The van der Waals surface area contributed by atoms with E-state index in [1.54, 1.807) is 7.11 Å². The molecule has 0 saturated heterocycles. The number of hydrogen-bond donors (Lipinski definition) is 1. The maximum Gasteiger partial charge on any atom is 0.0553 e. The fraction of sp³-hybridized carbons (Fsp3) is 1.00. The zero-order valence-electron chi connectivity index (χ0n) is 10.0. The topological polar surface area (TPSA) is 21.3 Å². The van der Waals surface area contributed by atoms with E-state index < -0.39 is 0 Å². The quantitative estimate of drug-likeness (QED) is 0.602. The molecule has 2 unspecified atom stereocenters. The van der Waals surface area contributed by atoms with E-state index in [-0.39, 0.29) is 0 Å². The second-order valence-corrected chi connectivity index (χ2v) is 5.31. The van der Waals surface area contributed by atoms with E-state index in [1.807, 2.05) is 11.8 Å². The zero-order chi connectivity index (χ0) is 10.8. The van der Waals surface area contributed by atoms with Crippen LogP contribution in [0.2, 0.25) is 0 Å². The summed E-state index contributed by atoms with van der Waals surface area (Å²) < 4.78 is 5.03. The molecule has 0 aliphatic carbocycles. The second-order valence-electron chi connectivity index (χ2n) is 3.77. The predicted octanol–water partition coefficient (Wildman–Crippen LogP) is 2.53. The minimum Gasteiger partial charge on any atom is -0.384 e. The summed E-state index contributed by atoms with van der Waals surface area (Å²) in [5, 5.41) is 4.24. The van der Waals surface area contributed by atoms with Gasteiger partial charge >= 0.3 is 0 Å². The minimum absolute atomic E-state index is 0.639. The summed E-state index contributed by atoms with van der Waals surface area (Å²) in [4.78, 5) is 0. The van der Waals surface area contributed by atoms with Crippen molar-refractivity contribution in [2.24, 2.45) is 0 Å². The fourth-order valence-corrected chi connectivity index (χ4v) is 2.46. The monoisotopic (exact) mass is 219 g/mol. The molecule has 0 aromatic rings. The molecule has 3 heteroatoms.